The second-order valence-corrected chi connectivity index (χ2v) is 5.68. The summed E-state index contributed by atoms with van der Waals surface area (Å²) >= 11 is 0. The minimum Gasteiger partial charge on any atom is -0.459 e. The van der Waals surface area contributed by atoms with E-state index in [1.165, 1.54) is 18.4 Å². The molecule has 1 heterocycles. The van der Waals surface area contributed by atoms with Gasteiger partial charge < -0.3 is 9.73 Å². The van der Waals surface area contributed by atoms with E-state index < -0.39 is 0 Å². The summed E-state index contributed by atoms with van der Waals surface area (Å²) in [4.78, 5) is 0. The molecule has 0 aliphatic heterocycles. The number of hydrogen-bond acceptors (Lipinski definition) is 2. The molecule has 0 aliphatic rings. The Kier molecular flexibility index (Phi) is 6.06. The average Bonchev–Trinajstić information content (AvgIpc) is 3.01. The van der Waals surface area contributed by atoms with Crippen molar-refractivity contribution in [2.24, 2.45) is 0 Å². The van der Waals surface area contributed by atoms with Crippen molar-refractivity contribution in [3.63, 3.8) is 0 Å². The largest absolute Gasteiger partial charge is 0.459 e. The molecule has 0 fully saturated rings. The number of furan rings is 1. The van der Waals surface area contributed by atoms with Gasteiger partial charge in [-0.3, -0.25) is 0 Å². The Morgan fingerprint density at radius 1 is 1.00 bits per heavy atom. The SMILES string of the molecule is CCCCc1ccc(-c2ccc(C(C)NCCC)o2)cc1. The van der Waals surface area contributed by atoms with E-state index in [0.29, 0.717) is 0 Å². The van der Waals surface area contributed by atoms with E-state index in [1.807, 2.05) is 0 Å². The maximum atomic E-state index is 5.99. The molecule has 0 radical (unpaired) electrons. The molecule has 0 spiro atoms. The van der Waals surface area contributed by atoms with Crippen molar-refractivity contribution in [1.29, 1.82) is 0 Å². The molecule has 1 unspecified atom stereocenters. The van der Waals surface area contributed by atoms with Gasteiger partial charge in [-0.15, -0.1) is 0 Å². The number of hydrogen-bond donors (Lipinski definition) is 1. The normalized spacial score (nSPS) is 12.5. The lowest BCUT2D eigenvalue weighted by Crippen LogP contribution is -2.18. The molecule has 1 aromatic heterocycles. The van der Waals surface area contributed by atoms with E-state index in [9.17, 15) is 0 Å². The van der Waals surface area contributed by atoms with Gasteiger partial charge in [0.25, 0.3) is 0 Å². The second kappa shape index (κ2) is 8.04. The summed E-state index contributed by atoms with van der Waals surface area (Å²) in [5.74, 6) is 1.96. The molecule has 1 N–H and O–H groups in total. The van der Waals surface area contributed by atoms with Crippen LogP contribution in [-0.2, 0) is 6.42 Å². The van der Waals surface area contributed by atoms with E-state index in [0.717, 1.165) is 36.5 Å². The minimum absolute atomic E-state index is 0.266. The fourth-order valence-corrected chi connectivity index (χ4v) is 2.42. The van der Waals surface area contributed by atoms with Gasteiger partial charge in [0.15, 0.2) is 0 Å². The maximum absolute atomic E-state index is 5.99. The fraction of sp³-hybridized carbons (Fsp3) is 0.474. The molecule has 2 rings (SSSR count). The quantitative estimate of drug-likeness (QED) is 0.707. The Hall–Kier alpha value is -1.54. The van der Waals surface area contributed by atoms with Crippen LogP contribution in [-0.4, -0.2) is 6.54 Å². The van der Waals surface area contributed by atoms with Crippen molar-refractivity contribution in [2.45, 2.75) is 52.5 Å². The number of rotatable bonds is 8. The van der Waals surface area contributed by atoms with Gasteiger partial charge in [-0.05, 0) is 50.4 Å². The lowest BCUT2D eigenvalue weighted by Gasteiger charge is -2.09. The lowest BCUT2D eigenvalue weighted by atomic mass is 10.1. The Labute approximate surface area is 128 Å². The molecule has 114 valence electrons. The van der Waals surface area contributed by atoms with Crippen LogP contribution in [0.3, 0.4) is 0 Å². The van der Waals surface area contributed by atoms with E-state index in [-0.39, 0.29) is 6.04 Å². The van der Waals surface area contributed by atoms with Gasteiger partial charge in [0.2, 0.25) is 0 Å². The minimum atomic E-state index is 0.266. The lowest BCUT2D eigenvalue weighted by molar-refractivity contribution is 0.439. The Morgan fingerprint density at radius 2 is 1.76 bits per heavy atom. The summed E-state index contributed by atoms with van der Waals surface area (Å²) in [6, 6.07) is 13.2. The molecule has 0 aliphatic carbocycles. The number of nitrogens with one attached hydrogen (secondary N) is 1. The van der Waals surface area contributed by atoms with Crippen LogP contribution in [0, 0.1) is 0 Å². The summed E-state index contributed by atoms with van der Waals surface area (Å²) < 4.78 is 5.99. The molecule has 2 nitrogen and oxygen atoms in total. The van der Waals surface area contributed by atoms with Crippen LogP contribution in [0.5, 0.6) is 0 Å². The summed E-state index contributed by atoms with van der Waals surface area (Å²) in [5, 5.41) is 3.45. The molecule has 1 atom stereocenters. The van der Waals surface area contributed by atoms with Crippen molar-refractivity contribution < 1.29 is 4.42 Å². The molecule has 0 bridgehead atoms. The topological polar surface area (TPSA) is 25.2 Å². The van der Waals surface area contributed by atoms with Crippen LogP contribution in [0.2, 0.25) is 0 Å². The van der Waals surface area contributed by atoms with Crippen LogP contribution < -0.4 is 5.32 Å². The highest BCUT2D eigenvalue weighted by molar-refractivity contribution is 5.58. The number of unbranched alkanes of at least 4 members (excludes halogenated alkanes) is 1. The first-order valence-electron chi connectivity index (χ1n) is 8.17. The van der Waals surface area contributed by atoms with Crippen LogP contribution in [0.15, 0.2) is 40.8 Å². The van der Waals surface area contributed by atoms with E-state index in [2.05, 4.69) is 62.5 Å². The van der Waals surface area contributed by atoms with Crippen LogP contribution in [0.25, 0.3) is 11.3 Å². The van der Waals surface area contributed by atoms with Crippen molar-refractivity contribution in [3.8, 4) is 11.3 Å². The highest BCUT2D eigenvalue weighted by Crippen LogP contribution is 2.25. The van der Waals surface area contributed by atoms with Gasteiger partial charge in [-0.2, -0.15) is 0 Å². The predicted molar refractivity (Wildman–Crippen MR) is 89.5 cm³/mol. The highest BCUT2D eigenvalue weighted by Gasteiger charge is 2.10. The Balaban J connectivity index is 2.03. The Bertz CT molecular complexity index is 527. The zero-order valence-electron chi connectivity index (χ0n) is 13.5. The summed E-state index contributed by atoms with van der Waals surface area (Å²) in [6.45, 7) is 7.56. The molecule has 0 saturated heterocycles. The first-order chi connectivity index (χ1) is 10.2. The third kappa shape index (κ3) is 4.47. The van der Waals surface area contributed by atoms with Gasteiger partial charge in [0.05, 0.1) is 6.04 Å². The van der Waals surface area contributed by atoms with Gasteiger partial charge in [-0.1, -0.05) is 44.5 Å². The Morgan fingerprint density at radius 3 is 2.43 bits per heavy atom. The van der Waals surface area contributed by atoms with Crippen LogP contribution in [0.1, 0.15) is 57.4 Å². The van der Waals surface area contributed by atoms with E-state index in [4.69, 9.17) is 4.42 Å². The van der Waals surface area contributed by atoms with E-state index >= 15 is 0 Å². The second-order valence-electron chi connectivity index (χ2n) is 5.68. The van der Waals surface area contributed by atoms with Crippen LogP contribution in [0.4, 0.5) is 0 Å². The van der Waals surface area contributed by atoms with Crippen molar-refractivity contribution in [3.05, 3.63) is 47.7 Å². The van der Waals surface area contributed by atoms with E-state index in [1.54, 1.807) is 0 Å². The molecule has 21 heavy (non-hydrogen) atoms. The van der Waals surface area contributed by atoms with Crippen molar-refractivity contribution >= 4 is 0 Å². The molecule has 0 amide bonds. The highest BCUT2D eigenvalue weighted by atomic mass is 16.3. The van der Waals surface area contributed by atoms with Gasteiger partial charge >= 0.3 is 0 Å². The summed E-state index contributed by atoms with van der Waals surface area (Å²) in [7, 11) is 0. The van der Waals surface area contributed by atoms with Gasteiger partial charge in [0, 0.05) is 5.56 Å². The molecule has 1 aromatic carbocycles. The van der Waals surface area contributed by atoms with Crippen molar-refractivity contribution in [1.82, 2.24) is 5.32 Å². The number of benzene rings is 1. The van der Waals surface area contributed by atoms with Crippen LogP contribution >= 0.6 is 0 Å². The van der Waals surface area contributed by atoms with Crippen molar-refractivity contribution in [2.75, 3.05) is 6.54 Å². The third-order valence-electron chi connectivity index (χ3n) is 3.81. The fourth-order valence-electron chi connectivity index (χ4n) is 2.42. The molecule has 0 saturated carbocycles. The predicted octanol–water partition coefficient (Wildman–Crippen LogP) is 5.35. The summed E-state index contributed by atoms with van der Waals surface area (Å²) in [6.07, 6.45) is 4.80. The zero-order valence-corrected chi connectivity index (χ0v) is 13.5. The third-order valence-corrected chi connectivity index (χ3v) is 3.81. The first kappa shape index (κ1) is 15.8. The smallest absolute Gasteiger partial charge is 0.134 e. The maximum Gasteiger partial charge on any atom is 0.134 e. The van der Waals surface area contributed by atoms with Gasteiger partial charge in [0.1, 0.15) is 11.5 Å². The molecular weight excluding hydrogens is 258 g/mol. The monoisotopic (exact) mass is 285 g/mol. The standard InChI is InChI=1S/C19H27NO/c1-4-6-7-16-8-10-17(11-9-16)19-13-12-18(21-19)15(3)20-14-5-2/h8-13,15,20H,4-7,14H2,1-3H3. The first-order valence-corrected chi connectivity index (χ1v) is 8.17. The number of aryl methyl sites for hydroxylation is 1. The molecule has 2 aromatic rings. The average molecular weight is 285 g/mol. The van der Waals surface area contributed by atoms with Gasteiger partial charge in [-0.25, -0.2) is 0 Å². The zero-order chi connectivity index (χ0) is 15.1. The molecule has 2 heteroatoms. The summed E-state index contributed by atoms with van der Waals surface area (Å²) in [5.41, 5.74) is 2.56. The molecular formula is C19H27NO.